The first-order valence-electron chi connectivity index (χ1n) is 6.83. The maximum Gasteiger partial charge on any atom is 0.337 e. The molecular weight excluding hydrogens is 298 g/mol. The van der Waals surface area contributed by atoms with Gasteiger partial charge in [-0.25, -0.2) is 4.79 Å². The fourth-order valence-electron chi connectivity index (χ4n) is 1.97. The minimum atomic E-state index is -0.375. The Balaban J connectivity index is 2.07. The van der Waals surface area contributed by atoms with Crippen LogP contribution in [0.25, 0.3) is 0 Å². The Labute approximate surface area is 133 Å². The summed E-state index contributed by atoms with van der Waals surface area (Å²) in [7, 11) is 2.88. The number of carbonyl (C=O) groups excluding carboxylic acids is 1. The number of benzene rings is 2. The van der Waals surface area contributed by atoms with E-state index in [1.54, 1.807) is 42.5 Å². The Hall–Kier alpha value is -3.02. The van der Waals surface area contributed by atoms with Gasteiger partial charge in [0.15, 0.2) is 11.5 Å². The van der Waals surface area contributed by atoms with E-state index in [2.05, 4.69) is 9.89 Å². The van der Waals surface area contributed by atoms with E-state index < -0.39 is 0 Å². The highest BCUT2D eigenvalue weighted by molar-refractivity contribution is 5.89. The zero-order chi connectivity index (χ0) is 16.7. The second kappa shape index (κ2) is 7.84. The summed E-state index contributed by atoms with van der Waals surface area (Å²) in [5, 5.41) is 11.5. The molecule has 0 aliphatic rings. The van der Waals surface area contributed by atoms with Crippen molar-refractivity contribution >= 4 is 12.2 Å². The highest BCUT2D eigenvalue weighted by atomic mass is 16.5. The summed E-state index contributed by atoms with van der Waals surface area (Å²) in [6.07, 6.45) is 1.30. The number of hydrogen-bond donors (Lipinski definition) is 1. The summed E-state index contributed by atoms with van der Waals surface area (Å²) in [6, 6.07) is 12.1. The molecule has 0 aliphatic carbocycles. The van der Waals surface area contributed by atoms with Gasteiger partial charge in [0.05, 0.1) is 26.0 Å². The predicted octanol–water partition coefficient (Wildman–Crippen LogP) is 2.87. The van der Waals surface area contributed by atoms with Crippen LogP contribution in [0.5, 0.6) is 11.5 Å². The Morgan fingerprint density at radius 3 is 2.48 bits per heavy atom. The van der Waals surface area contributed by atoms with E-state index in [4.69, 9.17) is 14.7 Å². The number of oxime groups is 1. The van der Waals surface area contributed by atoms with E-state index in [9.17, 15) is 4.79 Å². The lowest BCUT2D eigenvalue weighted by Gasteiger charge is -2.11. The van der Waals surface area contributed by atoms with Crippen LogP contribution in [-0.2, 0) is 11.3 Å². The first kappa shape index (κ1) is 16.4. The van der Waals surface area contributed by atoms with Gasteiger partial charge in [0.2, 0.25) is 0 Å². The van der Waals surface area contributed by atoms with E-state index >= 15 is 0 Å². The number of ether oxygens (including phenoxy) is 3. The second-order valence-electron chi connectivity index (χ2n) is 4.63. The summed E-state index contributed by atoms with van der Waals surface area (Å²) in [4.78, 5) is 11.4. The van der Waals surface area contributed by atoms with Crippen molar-refractivity contribution in [2.45, 2.75) is 6.61 Å². The molecule has 2 rings (SSSR count). The number of esters is 1. The molecule has 120 valence electrons. The van der Waals surface area contributed by atoms with Crippen LogP contribution < -0.4 is 9.47 Å². The largest absolute Gasteiger partial charge is 0.493 e. The molecule has 1 N–H and O–H groups in total. The average molecular weight is 315 g/mol. The van der Waals surface area contributed by atoms with Crippen LogP contribution in [0.1, 0.15) is 21.5 Å². The summed E-state index contributed by atoms with van der Waals surface area (Å²) in [6.45, 7) is 0.325. The van der Waals surface area contributed by atoms with Crippen LogP contribution in [0, 0.1) is 0 Å². The Kier molecular flexibility index (Phi) is 5.57. The quantitative estimate of drug-likeness (QED) is 0.384. The number of rotatable bonds is 6. The highest BCUT2D eigenvalue weighted by Gasteiger charge is 2.07. The van der Waals surface area contributed by atoms with Gasteiger partial charge in [-0.05, 0) is 35.9 Å². The van der Waals surface area contributed by atoms with Gasteiger partial charge in [-0.1, -0.05) is 17.3 Å². The van der Waals surface area contributed by atoms with Crippen molar-refractivity contribution in [1.29, 1.82) is 0 Å². The van der Waals surface area contributed by atoms with Gasteiger partial charge in [-0.3, -0.25) is 0 Å². The Morgan fingerprint density at radius 1 is 1.13 bits per heavy atom. The van der Waals surface area contributed by atoms with Crippen LogP contribution in [0.3, 0.4) is 0 Å². The molecule has 6 heteroatoms. The SMILES string of the molecule is COC(=O)c1ccc(COc2ccc(/C=N/O)cc2OC)cc1. The van der Waals surface area contributed by atoms with Gasteiger partial charge in [-0.15, -0.1) is 0 Å². The van der Waals surface area contributed by atoms with E-state index in [-0.39, 0.29) is 5.97 Å². The normalized spacial score (nSPS) is 10.5. The molecule has 0 aliphatic heterocycles. The van der Waals surface area contributed by atoms with Crippen molar-refractivity contribution in [3.05, 3.63) is 59.2 Å². The van der Waals surface area contributed by atoms with Gasteiger partial charge in [0, 0.05) is 5.56 Å². The van der Waals surface area contributed by atoms with E-state index in [1.807, 2.05) is 0 Å². The van der Waals surface area contributed by atoms with Gasteiger partial charge in [0.1, 0.15) is 6.61 Å². The van der Waals surface area contributed by atoms with Crippen molar-refractivity contribution < 1.29 is 24.2 Å². The maximum atomic E-state index is 11.4. The van der Waals surface area contributed by atoms with Gasteiger partial charge in [-0.2, -0.15) is 0 Å². The van der Waals surface area contributed by atoms with Crippen molar-refractivity contribution in [2.75, 3.05) is 14.2 Å². The van der Waals surface area contributed by atoms with E-state index in [0.29, 0.717) is 29.2 Å². The molecule has 0 saturated carbocycles. The van der Waals surface area contributed by atoms with Gasteiger partial charge in [0.25, 0.3) is 0 Å². The molecule has 0 aromatic heterocycles. The van der Waals surface area contributed by atoms with Crippen LogP contribution in [-0.4, -0.2) is 31.6 Å². The maximum absolute atomic E-state index is 11.4. The van der Waals surface area contributed by atoms with Crippen LogP contribution in [0.4, 0.5) is 0 Å². The fourth-order valence-corrected chi connectivity index (χ4v) is 1.97. The lowest BCUT2D eigenvalue weighted by Crippen LogP contribution is -2.02. The topological polar surface area (TPSA) is 77.4 Å². The lowest BCUT2D eigenvalue weighted by atomic mass is 10.1. The summed E-state index contributed by atoms with van der Waals surface area (Å²) in [5.74, 6) is 0.730. The first-order chi connectivity index (χ1) is 11.2. The Bertz CT molecular complexity index is 695. The third kappa shape index (κ3) is 4.23. The molecule has 0 amide bonds. The predicted molar refractivity (Wildman–Crippen MR) is 84.5 cm³/mol. The van der Waals surface area contributed by atoms with Crippen molar-refractivity contribution in [1.82, 2.24) is 0 Å². The highest BCUT2D eigenvalue weighted by Crippen LogP contribution is 2.28. The number of hydrogen-bond acceptors (Lipinski definition) is 6. The zero-order valence-corrected chi connectivity index (χ0v) is 12.9. The van der Waals surface area contributed by atoms with E-state index in [1.165, 1.54) is 20.4 Å². The number of methoxy groups -OCH3 is 2. The zero-order valence-electron chi connectivity index (χ0n) is 12.9. The molecule has 0 radical (unpaired) electrons. The molecule has 23 heavy (non-hydrogen) atoms. The molecule has 0 heterocycles. The van der Waals surface area contributed by atoms with Crippen molar-refractivity contribution in [3.63, 3.8) is 0 Å². The Morgan fingerprint density at radius 2 is 1.87 bits per heavy atom. The molecule has 0 saturated heterocycles. The molecule has 0 spiro atoms. The molecule has 0 unspecified atom stereocenters. The second-order valence-corrected chi connectivity index (χ2v) is 4.63. The third-order valence-electron chi connectivity index (χ3n) is 3.16. The minimum Gasteiger partial charge on any atom is -0.493 e. The fraction of sp³-hybridized carbons (Fsp3) is 0.176. The summed E-state index contributed by atoms with van der Waals surface area (Å²) < 4.78 is 15.6. The third-order valence-corrected chi connectivity index (χ3v) is 3.16. The molecule has 0 bridgehead atoms. The molecule has 6 nitrogen and oxygen atoms in total. The standard InChI is InChI=1S/C17H17NO5/c1-21-16-9-13(10-18-20)5-8-15(16)23-11-12-3-6-14(7-4-12)17(19)22-2/h3-10,20H,11H2,1-2H3/b18-10+. The van der Waals surface area contributed by atoms with Gasteiger partial charge < -0.3 is 19.4 Å². The molecule has 2 aromatic rings. The first-order valence-corrected chi connectivity index (χ1v) is 6.83. The molecular formula is C17H17NO5. The summed E-state index contributed by atoms with van der Waals surface area (Å²) >= 11 is 0. The monoisotopic (exact) mass is 315 g/mol. The van der Waals surface area contributed by atoms with E-state index in [0.717, 1.165) is 5.56 Å². The van der Waals surface area contributed by atoms with Crippen LogP contribution in [0.15, 0.2) is 47.6 Å². The minimum absolute atomic E-state index is 0.325. The number of nitrogens with zero attached hydrogens (tertiary/aromatic N) is 1. The molecule has 0 fully saturated rings. The van der Waals surface area contributed by atoms with Gasteiger partial charge >= 0.3 is 5.97 Å². The molecule has 0 atom stereocenters. The molecule has 2 aromatic carbocycles. The van der Waals surface area contributed by atoms with Crippen molar-refractivity contribution in [2.24, 2.45) is 5.16 Å². The lowest BCUT2D eigenvalue weighted by molar-refractivity contribution is 0.0600. The van der Waals surface area contributed by atoms with Crippen molar-refractivity contribution in [3.8, 4) is 11.5 Å². The van der Waals surface area contributed by atoms with Crippen LogP contribution >= 0.6 is 0 Å². The number of carbonyl (C=O) groups is 1. The average Bonchev–Trinajstić information content (AvgIpc) is 2.60. The van der Waals surface area contributed by atoms with Crippen LogP contribution in [0.2, 0.25) is 0 Å². The summed E-state index contributed by atoms with van der Waals surface area (Å²) in [5.41, 5.74) is 2.08. The smallest absolute Gasteiger partial charge is 0.337 e.